The van der Waals surface area contributed by atoms with Gasteiger partial charge in [0.15, 0.2) is 4.91 Å². The summed E-state index contributed by atoms with van der Waals surface area (Å²) in [6.45, 7) is 0. The predicted molar refractivity (Wildman–Crippen MR) is 106 cm³/mol. The van der Waals surface area contributed by atoms with Gasteiger partial charge in [-0.2, -0.15) is 0 Å². The SMILES string of the molecule is O=C(Nc1ccccc1)C1=C(Nc2ccccc2F)c2ccccc2S1(=O)=O. The molecule has 2 N–H and O–H groups in total. The largest absolute Gasteiger partial charge is 0.351 e. The molecule has 140 valence electrons. The number of benzene rings is 3. The van der Waals surface area contributed by atoms with Crippen LogP contribution in [0.3, 0.4) is 0 Å². The molecule has 0 fully saturated rings. The number of hydrogen-bond donors (Lipinski definition) is 2. The molecular weight excluding hydrogens is 379 g/mol. The number of nitrogens with one attached hydrogen (secondary N) is 2. The molecule has 3 aromatic rings. The van der Waals surface area contributed by atoms with Crippen LogP contribution in [0.1, 0.15) is 5.56 Å². The highest BCUT2D eigenvalue weighted by molar-refractivity contribution is 7.97. The Balaban J connectivity index is 1.85. The summed E-state index contributed by atoms with van der Waals surface area (Å²) >= 11 is 0. The van der Waals surface area contributed by atoms with Crippen LogP contribution in [0, 0.1) is 5.82 Å². The Bertz CT molecular complexity index is 1210. The van der Waals surface area contributed by atoms with Crippen molar-refractivity contribution in [3.05, 3.63) is 95.1 Å². The summed E-state index contributed by atoms with van der Waals surface area (Å²) in [5.74, 6) is -1.35. The fourth-order valence-corrected chi connectivity index (χ4v) is 4.70. The van der Waals surface area contributed by atoms with E-state index in [1.807, 2.05) is 0 Å². The fraction of sp³-hybridized carbons (Fsp3) is 0. The van der Waals surface area contributed by atoms with E-state index in [2.05, 4.69) is 10.6 Å². The molecule has 7 heteroatoms. The van der Waals surface area contributed by atoms with Gasteiger partial charge in [-0.3, -0.25) is 4.79 Å². The van der Waals surface area contributed by atoms with Crippen LogP contribution in [-0.4, -0.2) is 14.3 Å². The highest BCUT2D eigenvalue weighted by Crippen LogP contribution is 2.40. The molecular formula is C21H15FN2O3S. The highest BCUT2D eigenvalue weighted by Gasteiger charge is 2.40. The maximum absolute atomic E-state index is 14.2. The molecule has 3 aromatic carbocycles. The van der Waals surface area contributed by atoms with Crippen LogP contribution in [-0.2, 0) is 14.6 Å². The molecule has 1 amide bonds. The molecule has 1 aliphatic heterocycles. The second kappa shape index (κ2) is 6.94. The summed E-state index contributed by atoms with van der Waals surface area (Å²) in [6, 6.07) is 20.6. The van der Waals surface area contributed by atoms with Gasteiger partial charge in [0.2, 0.25) is 9.84 Å². The van der Waals surface area contributed by atoms with Gasteiger partial charge in [-0.15, -0.1) is 0 Å². The lowest BCUT2D eigenvalue weighted by Gasteiger charge is -2.12. The van der Waals surface area contributed by atoms with Crippen molar-refractivity contribution in [1.82, 2.24) is 0 Å². The normalized spacial score (nSPS) is 14.5. The first-order valence-electron chi connectivity index (χ1n) is 8.45. The van der Waals surface area contributed by atoms with Crippen molar-refractivity contribution in [2.24, 2.45) is 0 Å². The topological polar surface area (TPSA) is 75.3 Å². The molecule has 0 aromatic heterocycles. The molecule has 1 aliphatic rings. The summed E-state index contributed by atoms with van der Waals surface area (Å²) in [5, 5.41) is 5.40. The van der Waals surface area contributed by atoms with Crippen LogP contribution < -0.4 is 10.6 Å². The Kier molecular flexibility index (Phi) is 4.44. The van der Waals surface area contributed by atoms with Crippen molar-refractivity contribution in [3.8, 4) is 0 Å². The number of para-hydroxylation sites is 2. The van der Waals surface area contributed by atoms with E-state index >= 15 is 0 Å². The van der Waals surface area contributed by atoms with Crippen LogP contribution in [0.25, 0.3) is 5.70 Å². The first-order chi connectivity index (χ1) is 13.5. The molecule has 0 saturated heterocycles. The van der Waals surface area contributed by atoms with Crippen molar-refractivity contribution < 1.29 is 17.6 Å². The maximum Gasteiger partial charge on any atom is 0.269 e. The molecule has 0 aliphatic carbocycles. The lowest BCUT2D eigenvalue weighted by Crippen LogP contribution is -2.20. The van der Waals surface area contributed by atoms with Gasteiger partial charge >= 0.3 is 0 Å². The van der Waals surface area contributed by atoms with Crippen LogP contribution in [0.2, 0.25) is 0 Å². The zero-order chi connectivity index (χ0) is 19.7. The molecule has 0 saturated carbocycles. The van der Waals surface area contributed by atoms with Crippen molar-refractivity contribution in [3.63, 3.8) is 0 Å². The average molecular weight is 394 g/mol. The van der Waals surface area contributed by atoms with E-state index < -0.39 is 26.5 Å². The Hall–Kier alpha value is -3.45. The Morgan fingerprint density at radius 1 is 0.821 bits per heavy atom. The van der Waals surface area contributed by atoms with E-state index in [9.17, 15) is 17.6 Å². The van der Waals surface area contributed by atoms with E-state index in [1.54, 1.807) is 54.6 Å². The lowest BCUT2D eigenvalue weighted by molar-refractivity contribution is -0.112. The van der Waals surface area contributed by atoms with Crippen molar-refractivity contribution in [1.29, 1.82) is 0 Å². The number of hydrogen-bond acceptors (Lipinski definition) is 4. The summed E-state index contributed by atoms with van der Waals surface area (Å²) in [6.07, 6.45) is 0. The third kappa shape index (κ3) is 3.05. The minimum atomic E-state index is -4.07. The standard InChI is InChI=1S/C21H15FN2O3S/c22-16-11-5-6-12-17(16)24-19-15-10-4-7-13-18(15)28(26,27)20(19)21(25)23-14-8-2-1-3-9-14/h1-13,24H,(H,23,25). The molecule has 4 rings (SSSR count). The number of halogens is 1. The minimum Gasteiger partial charge on any atom is -0.351 e. The summed E-state index contributed by atoms with van der Waals surface area (Å²) < 4.78 is 40.2. The molecule has 5 nitrogen and oxygen atoms in total. The zero-order valence-corrected chi connectivity index (χ0v) is 15.3. The van der Waals surface area contributed by atoms with E-state index in [0.29, 0.717) is 11.3 Å². The first kappa shape index (κ1) is 17.9. The maximum atomic E-state index is 14.2. The third-order valence-electron chi connectivity index (χ3n) is 4.31. The van der Waals surface area contributed by atoms with Gasteiger partial charge in [0.05, 0.1) is 16.3 Å². The lowest BCUT2D eigenvalue weighted by atomic mass is 10.1. The van der Waals surface area contributed by atoms with Gasteiger partial charge in [0.25, 0.3) is 5.91 Å². The van der Waals surface area contributed by atoms with Gasteiger partial charge in [-0.05, 0) is 30.3 Å². The molecule has 28 heavy (non-hydrogen) atoms. The van der Waals surface area contributed by atoms with Gasteiger partial charge in [-0.25, -0.2) is 12.8 Å². The van der Waals surface area contributed by atoms with E-state index in [0.717, 1.165) is 0 Å². The minimum absolute atomic E-state index is 0.00653. The molecule has 1 heterocycles. The predicted octanol–water partition coefficient (Wildman–Crippen LogP) is 4.03. The van der Waals surface area contributed by atoms with Crippen molar-refractivity contribution >= 4 is 32.8 Å². The van der Waals surface area contributed by atoms with Gasteiger partial charge < -0.3 is 10.6 Å². The van der Waals surface area contributed by atoms with Crippen LogP contribution in [0.15, 0.2) is 88.7 Å². The molecule has 0 atom stereocenters. The van der Waals surface area contributed by atoms with E-state index in [1.165, 1.54) is 24.3 Å². The van der Waals surface area contributed by atoms with Crippen LogP contribution in [0.4, 0.5) is 15.8 Å². The zero-order valence-electron chi connectivity index (χ0n) is 14.5. The Labute approximate surface area is 161 Å². The molecule has 0 radical (unpaired) electrons. The number of amides is 1. The van der Waals surface area contributed by atoms with Gasteiger partial charge in [0, 0.05) is 11.3 Å². The quantitative estimate of drug-likeness (QED) is 0.701. The van der Waals surface area contributed by atoms with E-state index in [-0.39, 0.29) is 16.3 Å². The third-order valence-corrected chi connectivity index (χ3v) is 6.18. The summed E-state index contributed by atoms with van der Waals surface area (Å²) in [5.41, 5.74) is 0.906. The van der Waals surface area contributed by atoms with Crippen molar-refractivity contribution in [2.45, 2.75) is 4.90 Å². The van der Waals surface area contributed by atoms with E-state index in [4.69, 9.17) is 0 Å². The van der Waals surface area contributed by atoms with Crippen molar-refractivity contribution in [2.75, 3.05) is 10.6 Å². The van der Waals surface area contributed by atoms with Gasteiger partial charge in [0.1, 0.15) is 5.82 Å². The number of carbonyl (C=O) groups is 1. The smallest absolute Gasteiger partial charge is 0.269 e. The first-order valence-corrected chi connectivity index (χ1v) is 9.93. The summed E-state index contributed by atoms with van der Waals surface area (Å²) in [4.78, 5) is 12.5. The Morgan fingerprint density at radius 3 is 2.21 bits per heavy atom. The van der Waals surface area contributed by atoms with Crippen LogP contribution >= 0.6 is 0 Å². The summed E-state index contributed by atoms with van der Waals surface area (Å²) in [7, 11) is -4.07. The number of rotatable bonds is 4. The second-order valence-electron chi connectivity index (χ2n) is 6.13. The van der Waals surface area contributed by atoms with Crippen LogP contribution in [0.5, 0.6) is 0 Å². The number of carbonyl (C=O) groups excluding carboxylic acids is 1. The fourth-order valence-electron chi connectivity index (χ4n) is 3.04. The Morgan fingerprint density at radius 2 is 1.46 bits per heavy atom. The monoisotopic (exact) mass is 394 g/mol. The average Bonchev–Trinajstić information content (AvgIpc) is 2.91. The molecule has 0 bridgehead atoms. The number of anilines is 2. The molecule has 0 spiro atoms. The molecule has 0 unspecified atom stereocenters. The number of fused-ring (bicyclic) bond motifs is 1. The number of sulfone groups is 1. The highest BCUT2D eigenvalue weighted by atomic mass is 32.2. The second-order valence-corrected chi connectivity index (χ2v) is 7.98. The van der Waals surface area contributed by atoms with Gasteiger partial charge in [-0.1, -0.05) is 48.5 Å².